The molecule has 1 aliphatic heterocycles. The summed E-state index contributed by atoms with van der Waals surface area (Å²) in [6.07, 6.45) is 0.627. The van der Waals surface area contributed by atoms with E-state index >= 15 is 0 Å². The van der Waals surface area contributed by atoms with E-state index in [1.54, 1.807) is 19.2 Å². The Morgan fingerprint density at radius 1 is 0.971 bits per heavy atom. The Morgan fingerprint density at radius 2 is 1.59 bits per heavy atom. The monoisotopic (exact) mass is 459 g/mol. The van der Waals surface area contributed by atoms with Crippen LogP contribution < -0.4 is 10.1 Å². The number of carbonyl (C=O) groups excluding carboxylic acids is 3. The minimum absolute atomic E-state index is 0.0112. The van der Waals surface area contributed by atoms with Crippen molar-refractivity contribution < 1.29 is 19.1 Å². The number of imide groups is 1. The van der Waals surface area contributed by atoms with E-state index in [0.29, 0.717) is 29.5 Å². The fourth-order valence-electron chi connectivity index (χ4n) is 4.40. The van der Waals surface area contributed by atoms with Crippen molar-refractivity contribution in [3.8, 4) is 5.75 Å². The molecule has 34 heavy (non-hydrogen) atoms. The van der Waals surface area contributed by atoms with Crippen LogP contribution in [0.15, 0.2) is 60.7 Å². The Morgan fingerprint density at radius 3 is 2.15 bits per heavy atom. The molecule has 7 heteroatoms. The van der Waals surface area contributed by atoms with Gasteiger partial charge in [0, 0.05) is 36.0 Å². The molecule has 176 valence electrons. The summed E-state index contributed by atoms with van der Waals surface area (Å²) in [5, 5.41) is 4.57. The molecule has 4 rings (SSSR count). The Labute approximate surface area is 199 Å². The second-order valence-corrected chi connectivity index (χ2v) is 8.63. The van der Waals surface area contributed by atoms with Crippen molar-refractivity contribution in [3.63, 3.8) is 0 Å². The Hall–Kier alpha value is -3.71. The van der Waals surface area contributed by atoms with Gasteiger partial charge in [-0.15, -0.1) is 0 Å². The van der Waals surface area contributed by atoms with Gasteiger partial charge in [0.15, 0.2) is 0 Å². The predicted molar refractivity (Wildman–Crippen MR) is 131 cm³/mol. The molecule has 1 atom stereocenters. The normalized spacial score (nSPS) is 13.9. The average Bonchev–Trinajstić information content (AvgIpc) is 2.84. The largest absolute Gasteiger partial charge is 0.497 e. The molecule has 1 N–H and O–H groups in total. The fraction of sp³-hybridized carbons (Fsp3) is 0.296. The van der Waals surface area contributed by atoms with E-state index < -0.39 is 0 Å². The number of amides is 3. The van der Waals surface area contributed by atoms with Gasteiger partial charge in [-0.1, -0.05) is 36.4 Å². The number of methoxy groups -OCH3 is 1. The van der Waals surface area contributed by atoms with Gasteiger partial charge < -0.3 is 15.0 Å². The number of likely N-dealkylation sites (N-methyl/N-ethyl adjacent to an activating group) is 1. The van der Waals surface area contributed by atoms with E-state index in [-0.39, 0.29) is 36.7 Å². The van der Waals surface area contributed by atoms with Crippen molar-refractivity contribution >= 4 is 28.5 Å². The molecule has 7 nitrogen and oxygen atoms in total. The number of hydrogen-bond donors (Lipinski definition) is 1. The van der Waals surface area contributed by atoms with E-state index in [0.717, 1.165) is 16.7 Å². The van der Waals surface area contributed by atoms with Crippen LogP contribution >= 0.6 is 0 Å². The van der Waals surface area contributed by atoms with Gasteiger partial charge in [-0.3, -0.25) is 19.3 Å². The lowest BCUT2D eigenvalue weighted by atomic mass is 9.94. The third-order valence-electron chi connectivity index (χ3n) is 6.26. The standard InChI is InChI=1S/C27H29N3O4/c1-29(2)23(18-12-14-20(34-3)15-13-18)17-28-24(31)11-6-16-30-26(32)21-9-4-7-19-8-5-10-22(25(19)21)27(30)33/h4-5,7-10,12-15,23H,6,11,16-17H2,1-3H3,(H,28,31). The van der Waals surface area contributed by atoms with Crippen molar-refractivity contribution in [1.82, 2.24) is 15.1 Å². The minimum Gasteiger partial charge on any atom is -0.497 e. The Bertz CT molecular complexity index is 1170. The summed E-state index contributed by atoms with van der Waals surface area (Å²) in [6, 6.07) is 18.7. The Kier molecular flexibility index (Phi) is 6.93. The van der Waals surface area contributed by atoms with E-state index in [1.807, 2.05) is 67.5 Å². The first kappa shape index (κ1) is 23.4. The predicted octanol–water partition coefficient (Wildman–Crippen LogP) is 3.64. The fourth-order valence-corrected chi connectivity index (χ4v) is 4.40. The molecule has 3 aromatic rings. The van der Waals surface area contributed by atoms with Crippen LogP contribution in [0.25, 0.3) is 10.8 Å². The third kappa shape index (κ3) is 4.65. The first-order chi connectivity index (χ1) is 16.4. The number of rotatable bonds is 9. The molecule has 0 aliphatic carbocycles. The summed E-state index contributed by atoms with van der Waals surface area (Å²) in [5.74, 6) is 0.0644. The summed E-state index contributed by atoms with van der Waals surface area (Å²) < 4.78 is 5.22. The maximum absolute atomic E-state index is 13.0. The topological polar surface area (TPSA) is 79.0 Å². The smallest absolute Gasteiger partial charge is 0.261 e. The van der Waals surface area contributed by atoms with E-state index in [1.165, 1.54) is 4.90 Å². The van der Waals surface area contributed by atoms with Gasteiger partial charge >= 0.3 is 0 Å². The van der Waals surface area contributed by atoms with Crippen LogP contribution in [0.4, 0.5) is 0 Å². The first-order valence-electron chi connectivity index (χ1n) is 11.4. The van der Waals surface area contributed by atoms with Crippen molar-refractivity contribution in [3.05, 3.63) is 77.4 Å². The molecule has 0 spiro atoms. The molecule has 3 amide bonds. The highest BCUT2D eigenvalue weighted by molar-refractivity contribution is 6.25. The van der Waals surface area contributed by atoms with Crippen LogP contribution in [0.1, 0.15) is 45.2 Å². The Balaban J connectivity index is 1.34. The van der Waals surface area contributed by atoms with Gasteiger partial charge in [0.05, 0.1) is 13.2 Å². The van der Waals surface area contributed by atoms with Crippen LogP contribution in [0, 0.1) is 0 Å². The van der Waals surface area contributed by atoms with Gasteiger partial charge in [-0.05, 0) is 55.7 Å². The maximum atomic E-state index is 13.0. The van der Waals surface area contributed by atoms with Gasteiger partial charge in [-0.25, -0.2) is 0 Å². The van der Waals surface area contributed by atoms with Gasteiger partial charge in [0.2, 0.25) is 5.91 Å². The average molecular weight is 460 g/mol. The third-order valence-corrected chi connectivity index (χ3v) is 6.26. The lowest BCUT2D eigenvalue weighted by Crippen LogP contribution is -2.41. The molecule has 0 radical (unpaired) electrons. The number of ether oxygens (including phenoxy) is 1. The van der Waals surface area contributed by atoms with Gasteiger partial charge in [0.1, 0.15) is 5.75 Å². The lowest BCUT2D eigenvalue weighted by Gasteiger charge is -2.27. The van der Waals surface area contributed by atoms with Crippen LogP contribution in [-0.4, -0.2) is 61.8 Å². The highest BCUT2D eigenvalue weighted by atomic mass is 16.5. The van der Waals surface area contributed by atoms with E-state index in [9.17, 15) is 14.4 Å². The highest BCUT2D eigenvalue weighted by Crippen LogP contribution is 2.30. The van der Waals surface area contributed by atoms with Crippen molar-refractivity contribution in [1.29, 1.82) is 0 Å². The second-order valence-electron chi connectivity index (χ2n) is 8.63. The zero-order valence-corrected chi connectivity index (χ0v) is 19.7. The highest BCUT2D eigenvalue weighted by Gasteiger charge is 2.32. The minimum atomic E-state index is -0.304. The number of hydrogen-bond acceptors (Lipinski definition) is 5. The number of nitrogens with zero attached hydrogens (tertiary/aromatic N) is 2. The van der Waals surface area contributed by atoms with Crippen molar-refractivity contribution in [2.75, 3.05) is 34.3 Å². The molecule has 0 saturated carbocycles. The molecule has 1 aliphatic rings. The molecular formula is C27H29N3O4. The maximum Gasteiger partial charge on any atom is 0.261 e. The SMILES string of the molecule is COc1ccc(C(CNC(=O)CCCN2C(=O)c3cccc4cccc(c34)C2=O)N(C)C)cc1. The van der Waals surface area contributed by atoms with Crippen molar-refractivity contribution in [2.24, 2.45) is 0 Å². The molecule has 0 saturated heterocycles. The molecule has 0 bridgehead atoms. The zero-order chi connectivity index (χ0) is 24.2. The molecule has 3 aromatic carbocycles. The van der Waals surface area contributed by atoms with Crippen LogP contribution in [0.2, 0.25) is 0 Å². The summed E-state index contributed by atoms with van der Waals surface area (Å²) in [7, 11) is 5.56. The molecule has 0 fully saturated rings. The summed E-state index contributed by atoms with van der Waals surface area (Å²) in [6.45, 7) is 0.653. The summed E-state index contributed by atoms with van der Waals surface area (Å²) >= 11 is 0. The molecule has 1 heterocycles. The number of nitrogens with one attached hydrogen (secondary N) is 1. The van der Waals surface area contributed by atoms with Crippen molar-refractivity contribution in [2.45, 2.75) is 18.9 Å². The molecular weight excluding hydrogens is 430 g/mol. The van der Waals surface area contributed by atoms with E-state index in [2.05, 4.69) is 5.32 Å². The number of benzene rings is 3. The molecule has 1 unspecified atom stereocenters. The first-order valence-corrected chi connectivity index (χ1v) is 11.4. The lowest BCUT2D eigenvalue weighted by molar-refractivity contribution is -0.121. The quantitative estimate of drug-likeness (QED) is 0.494. The van der Waals surface area contributed by atoms with E-state index in [4.69, 9.17) is 4.74 Å². The van der Waals surface area contributed by atoms with Crippen LogP contribution in [0.3, 0.4) is 0 Å². The molecule has 0 aromatic heterocycles. The van der Waals surface area contributed by atoms with Gasteiger partial charge in [0.25, 0.3) is 11.8 Å². The van der Waals surface area contributed by atoms with Gasteiger partial charge in [-0.2, -0.15) is 0 Å². The number of carbonyl (C=O) groups is 3. The summed E-state index contributed by atoms with van der Waals surface area (Å²) in [4.78, 5) is 41.8. The second kappa shape index (κ2) is 10.1. The zero-order valence-electron chi connectivity index (χ0n) is 19.7. The van der Waals surface area contributed by atoms with Crippen LogP contribution in [-0.2, 0) is 4.79 Å². The van der Waals surface area contributed by atoms with Crippen LogP contribution in [0.5, 0.6) is 5.75 Å². The summed E-state index contributed by atoms with van der Waals surface area (Å²) in [5.41, 5.74) is 2.14.